The second-order valence-corrected chi connectivity index (χ2v) is 4.29. The van der Waals surface area contributed by atoms with Gasteiger partial charge in [-0.25, -0.2) is 0 Å². The molecule has 0 bridgehead atoms. The summed E-state index contributed by atoms with van der Waals surface area (Å²) in [5.74, 6) is 0. The fourth-order valence-electron chi connectivity index (χ4n) is 0.907. The van der Waals surface area contributed by atoms with Crippen LogP contribution in [0.15, 0.2) is 23.3 Å². The maximum absolute atomic E-state index is 9.49. The van der Waals surface area contributed by atoms with Gasteiger partial charge in [0.05, 0.1) is 26.4 Å². The van der Waals surface area contributed by atoms with Crippen LogP contribution in [0, 0.1) is 0 Å². The second-order valence-electron chi connectivity index (χ2n) is 4.29. The molecule has 16 heavy (non-hydrogen) atoms. The van der Waals surface area contributed by atoms with Crippen molar-refractivity contribution in [3.8, 4) is 0 Å². The van der Waals surface area contributed by atoms with E-state index in [9.17, 15) is 5.11 Å². The molecule has 3 nitrogen and oxygen atoms in total. The van der Waals surface area contributed by atoms with Crippen LogP contribution < -0.4 is 0 Å². The zero-order valence-electron chi connectivity index (χ0n) is 10.8. The number of allylic oxidation sites excluding steroid dienone is 2. The van der Waals surface area contributed by atoms with Gasteiger partial charge in [0.25, 0.3) is 0 Å². The molecule has 0 fully saturated rings. The Morgan fingerprint density at radius 2 is 1.31 bits per heavy atom. The molecule has 0 aliphatic heterocycles. The minimum atomic E-state index is -0.545. The van der Waals surface area contributed by atoms with Gasteiger partial charge in [0.15, 0.2) is 0 Å². The lowest BCUT2D eigenvalue weighted by Gasteiger charge is -2.10. The van der Waals surface area contributed by atoms with Crippen molar-refractivity contribution in [2.75, 3.05) is 26.4 Å². The summed E-state index contributed by atoms with van der Waals surface area (Å²) in [6.45, 7) is 9.80. The minimum absolute atomic E-state index is 0.318. The van der Waals surface area contributed by atoms with Crippen LogP contribution >= 0.6 is 0 Å². The van der Waals surface area contributed by atoms with Crippen molar-refractivity contribution in [2.24, 2.45) is 0 Å². The van der Waals surface area contributed by atoms with Crippen LogP contribution in [0.4, 0.5) is 0 Å². The van der Waals surface area contributed by atoms with Gasteiger partial charge in [0.1, 0.15) is 6.10 Å². The smallest absolute Gasteiger partial charge is 0.101 e. The third-order valence-electron chi connectivity index (χ3n) is 1.84. The predicted octanol–water partition coefficient (Wildman–Crippen LogP) is 2.31. The van der Waals surface area contributed by atoms with E-state index in [2.05, 4.69) is 0 Å². The third kappa shape index (κ3) is 11.4. The van der Waals surface area contributed by atoms with E-state index in [1.165, 1.54) is 11.1 Å². The number of aliphatic hydroxyl groups is 1. The number of rotatable bonds is 8. The van der Waals surface area contributed by atoms with E-state index in [1.54, 1.807) is 0 Å². The molecule has 0 rings (SSSR count). The minimum Gasteiger partial charge on any atom is -0.388 e. The Labute approximate surface area is 98.8 Å². The van der Waals surface area contributed by atoms with Crippen molar-refractivity contribution in [1.82, 2.24) is 0 Å². The molecule has 0 aliphatic rings. The average molecular weight is 228 g/mol. The Bertz CT molecular complexity index is 199. The van der Waals surface area contributed by atoms with E-state index in [1.807, 2.05) is 39.8 Å². The highest BCUT2D eigenvalue weighted by atomic mass is 16.5. The molecule has 94 valence electrons. The first-order chi connectivity index (χ1) is 7.52. The Morgan fingerprint density at radius 1 is 0.938 bits per heavy atom. The van der Waals surface area contributed by atoms with Crippen molar-refractivity contribution in [3.05, 3.63) is 23.3 Å². The van der Waals surface area contributed by atoms with E-state index < -0.39 is 6.10 Å². The summed E-state index contributed by atoms with van der Waals surface area (Å²) in [6, 6.07) is 0. The molecule has 3 heteroatoms. The van der Waals surface area contributed by atoms with Crippen LogP contribution in [0.2, 0.25) is 0 Å². The quantitative estimate of drug-likeness (QED) is 0.512. The van der Waals surface area contributed by atoms with Crippen molar-refractivity contribution in [1.29, 1.82) is 0 Å². The Kier molecular flexibility index (Phi) is 9.19. The zero-order valence-corrected chi connectivity index (χ0v) is 10.8. The van der Waals surface area contributed by atoms with Crippen LogP contribution in [-0.2, 0) is 9.47 Å². The number of ether oxygens (including phenoxy) is 2. The molecular formula is C13H24O3. The number of hydrogen-bond acceptors (Lipinski definition) is 3. The second kappa shape index (κ2) is 9.58. The molecular weight excluding hydrogens is 204 g/mol. The molecule has 0 aromatic carbocycles. The highest BCUT2D eigenvalue weighted by Gasteiger charge is 2.02. The summed E-state index contributed by atoms with van der Waals surface area (Å²) >= 11 is 0. The fraction of sp³-hybridized carbons (Fsp3) is 0.692. The first kappa shape index (κ1) is 15.4. The first-order valence-electron chi connectivity index (χ1n) is 5.62. The highest BCUT2D eigenvalue weighted by Crippen LogP contribution is 1.93. The summed E-state index contributed by atoms with van der Waals surface area (Å²) in [4.78, 5) is 0. The van der Waals surface area contributed by atoms with Gasteiger partial charge in [-0.3, -0.25) is 0 Å². The predicted molar refractivity (Wildman–Crippen MR) is 66.5 cm³/mol. The summed E-state index contributed by atoms with van der Waals surface area (Å²) in [5.41, 5.74) is 2.43. The van der Waals surface area contributed by atoms with E-state index >= 15 is 0 Å². The van der Waals surface area contributed by atoms with Crippen molar-refractivity contribution < 1.29 is 14.6 Å². The maximum atomic E-state index is 9.49. The van der Waals surface area contributed by atoms with Gasteiger partial charge in [0.2, 0.25) is 0 Å². The normalized spacial score (nSPS) is 10.4. The molecule has 0 unspecified atom stereocenters. The number of aliphatic hydroxyl groups excluding tert-OH is 1. The van der Waals surface area contributed by atoms with Gasteiger partial charge < -0.3 is 14.6 Å². The standard InChI is InChI=1S/C13H24O3/c1-11(2)5-7-15-9-13(14)10-16-8-6-12(3)4/h5-6,13-14H,7-10H2,1-4H3. The summed E-state index contributed by atoms with van der Waals surface area (Å²) in [5, 5.41) is 9.49. The lowest BCUT2D eigenvalue weighted by atomic mass is 10.3. The molecule has 0 spiro atoms. The van der Waals surface area contributed by atoms with Gasteiger partial charge in [0, 0.05) is 0 Å². The Hall–Kier alpha value is -0.640. The highest BCUT2D eigenvalue weighted by molar-refractivity contribution is 4.93. The van der Waals surface area contributed by atoms with E-state index in [4.69, 9.17) is 9.47 Å². The molecule has 0 saturated carbocycles. The molecule has 0 saturated heterocycles. The Balaban J connectivity index is 3.41. The summed E-state index contributed by atoms with van der Waals surface area (Å²) in [6.07, 6.45) is 3.42. The molecule has 0 aliphatic carbocycles. The fourth-order valence-corrected chi connectivity index (χ4v) is 0.907. The summed E-state index contributed by atoms with van der Waals surface area (Å²) in [7, 11) is 0. The van der Waals surface area contributed by atoms with Crippen molar-refractivity contribution >= 4 is 0 Å². The molecule has 1 N–H and O–H groups in total. The average Bonchev–Trinajstić information content (AvgIpc) is 2.19. The molecule has 0 aromatic rings. The van der Waals surface area contributed by atoms with Crippen molar-refractivity contribution in [3.63, 3.8) is 0 Å². The van der Waals surface area contributed by atoms with E-state index in [0.29, 0.717) is 26.4 Å². The molecule has 0 heterocycles. The largest absolute Gasteiger partial charge is 0.388 e. The lowest BCUT2D eigenvalue weighted by Crippen LogP contribution is -2.21. The zero-order chi connectivity index (χ0) is 12.4. The Morgan fingerprint density at radius 3 is 1.62 bits per heavy atom. The summed E-state index contributed by atoms with van der Waals surface area (Å²) < 4.78 is 10.5. The van der Waals surface area contributed by atoms with Gasteiger partial charge in [-0.2, -0.15) is 0 Å². The molecule has 0 aromatic heterocycles. The van der Waals surface area contributed by atoms with Crippen LogP contribution in [0.3, 0.4) is 0 Å². The van der Waals surface area contributed by atoms with Crippen LogP contribution in [0.5, 0.6) is 0 Å². The van der Waals surface area contributed by atoms with Crippen LogP contribution in [0.1, 0.15) is 27.7 Å². The van der Waals surface area contributed by atoms with E-state index in [0.717, 1.165) is 0 Å². The topological polar surface area (TPSA) is 38.7 Å². The molecule has 0 amide bonds. The van der Waals surface area contributed by atoms with Gasteiger partial charge >= 0.3 is 0 Å². The third-order valence-corrected chi connectivity index (χ3v) is 1.84. The first-order valence-corrected chi connectivity index (χ1v) is 5.62. The maximum Gasteiger partial charge on any atom is 0.101 e. The SMILES string of the molecule is CC(C)=CCOCC(O)COCC=C(C)C. The van der Waals surface area contributed by atoms with Crippen LogP contribution in [0.25, 0.3) is 0 Å². The van der Waals surface area contributed by atoms with Crippen molar-refractivity contribution in [2.45, 2.75) is 33.8 Å². The van der Waals surface area contributed by atoms with Gasteiger partial charge in [-0.15, -0.1) is 0 Å². The lowest BCUT2D eigenvalue weighted by molar-refractivity contribution is -0.00669. The van der Waals surface area contributed by atoms with E-state index in [-0.39, 0.29) is 0 Å². The molecule has 0 atom stereocenters. The van der Waals surface area contributed by atoms with Gasteiger partial charge in [-0.05, 0) is 27.7 Å². The van der Waals surface area contributed by atoms with Gasteiger partial charge in [-0.1, -0.05) is 23.3 Å². The monoisotopic (exact) mass is 228 g/mol. The molecule has 0 radical (unpaired) electrons. The number of hydrogen-bond donors (Lipinski definition) is 1. The van der Waals surface area contributed by atoms with Crippen LogP contribution in [-0.4, -0.2) is 37.6 Å².